The summed E-state index contributed by atoms with van der Waals surface area (Å²) in [5.41, 5.74) is 0. The quantitative estimate of drug-likeness (QED) is 0.606. The Morgan fingerprint density at radius 2 is 1.90 bits per heavy atom. The van der Waals surface area contributed by atoms with Gasteiger partial charge in [-0.25, -0.2) is 0 Å². The summed E-state index contributed by atoms with van der Waals surface area (Å²) in [5.74, 6) is 1.16. The van der Waals surface area contributed by atoms with Crippen LogP contribution in [0.4, 0.5) is 0 Å². The maximum absolute atomic E-state index is 4.04. The van der Waals surface area contributed by atoms with Gasteiger partial charge in [-0.2, -0.15) is 0 Å². The molecular weight excluding hydrogens is 160 g/mol. The monoisotopic (exact) mass is 177 g/mol. The summed E-state index contributed by atoms with van der Waals surface area (Å²) >= 11 is 3.84. The molecule has 0 saturated carbocycles. The summed E-state index contributed by atoms with van der Waals surface area (Å²) in [4.78, 5) is 0. The number of hydrogen-bond donors (Lipinski definition) is 0. The highest BCUT2D eigenvalue weighted by Gasteiger charge is 2.14. The maximum Gasteiger partial charge on any atom is 0.0508 e. The van der Waals surface area contributed by atoms with Gasteiger partial charge in [-0.1, -0.05) is 27.7 Å². The van der Waals surface area contributed by atoms with Crippen LogP contribution in [0.5, 0.6) is 0 Å². The Labute approximate surface area is 73.5 Å². The summed E-state index contributed by atoms with van der Waals surface area (Å²) in [5, 5.41) is 0. The minimum absolute atomic E-state index is 0.356. The van der Waals surface area contributed by atoms with Crippen molar-refractivity contribution in [1.82, 2.24) is 0 Å². The van der Waals surface area contributed by atoms with Crippen molar-refractivity contribution < 1.29 is 0 Å². The number of hydrogen-bond acceptors (Lipinski definition) is 2. The lowest BCUT2D eigenvalue weighted by molar-refractivity contribution is 0.803. The molecule has 1 atom stereocenters. The predicted molar refractivity (Wildman–Crippen MR) is 54.6 cm³/mol. The molecule has 10 heavy (non-hydrogen) atoms. The smallest absolute Gasteiger partial charge is 0.0508 e. The minimum atomic E-state index is 0.356. The third kappa shape index (κ3) is 6.81. The first-order valence-electron chi connectivity index (χ1n) is 3.58. The average molecular weight is 177 g/mol. The van der Waals surface area contributed by atoms with Gasteiger partial charge in [0.1, 0.15) is 0 Å². The number of thioether (sulfide) groups is 2. The van der Waals surface area contributed by atoms with Crippen LogP contribution >= 0.6 is 23.5 Å². The first-order valence-corrected chi connectivity index (χ1v) is 5.51. The van der Waals surface area contributed by atoms with Crippen molar-refractivity contribution in [3.63, 3.8) is 0 Å². The molecule has 0 N–H and O–H groups in total. The molecule has 0 aromatic heterocycles. The van der Waals surface area contributed by atoms with Gasteiger partial charge in [-0.3, -0.25) is 0 Å². The summed E-state index contributed by atoms with van der Waals surface area (Å²) in [7, 11) is 0. The molecule has 0 aliphatic rings. The Bertz CT molecular complexity index is 83.7. The van der Waals surface area contributed by atoms with Crippen LogP contribution in [-0.2, 0) is 0 Å². The highest BCUT2D eigenvalue weighted by atomic mass is 32.2. The highest BCUT2D eigenvalue weighted by Crippen LogP contribution is 2.33. The first kappa shape index (κ1) is 10.7. The van der Waals surface area contributed by atoms with Crippen molar-refractivity contribution in [2.75, 3.05) is 5.75 Å². The number of rotatable bonds is 3. The molecule has 0 fully saturated rings. The van der Waals surface area contributed by atoms with E-state index in [-0.39, 0.29) is 0 Å². The fraction of sp³-hybridized carbons (Fsp3) is 0.875. The normalized spacial score (nSPS) is 15.3. The molecule has 0 rings (SSSR count). The second-order valence-electron chi connectivity index (χ2n) is 3.12. The lowest BCUT2D eigenvalue weighted by atomic mass is 10.3. The SMILES string of the molecule is [CH2]C(SCC)SC(C)(C)C. The van der Waals surface area contributed by atoms with Crippen LogP contribution in [0.25, 0.3) is 0 Å². The molecule has 0 heterocycles. The van der Waals surface area contributed by atoms with E-state index < -0.39 is 0 Å². The molecule has 0 spiro atoms. The molecule has 0 aliphatic heterocycles. The van der Waals surface area contributed by atoms with Crippen molar-refractivity contribution in [2.45, 2.75) is 37.0 Å². The van der Waals surface area contributed by atoms with Gasteiger partial charge < -0.3 is 0 Å². The van der Waals surface area contributed by atoms with E-state index in [1.165, 1.54) is 0 Å². The van der Waals surface area contributed by atoms with E-state index in [1.54, 1.807) is 0 Å². The molecule has 1 radical (unpaired) electrons. The van der Waals surface area contributed by atoms with Crippen LogP contribution in [0.2, 0.25) is 0 Å². The van der Waals surface area contributed by atoms with Gasteiger partial charge >= 0.3 is 0 Å². The maximum atomic E-state index is 4.04. The van der Waals surface area contributed by atoms with Crippen LogP contribution in [0, 0.1) is 6.92 Å². The van der Waals surface area contributed by atoms with Gasteiger partial charge in [0.25, 0.3) is 0 Å². The molecule has 0 aromatic rings. The van der Waals surface area contributed by atoms with E-state index in [2.05, 4.69) is 34.6 Å². The fourth-order valence-electron chi connectivity index (χ4n) is 0.614. The van der Waals surface area contributed by atoms with E-state index in [4.69, 9.17) is 0 Å². The van der Waals surface area contributed by atoms with Crippen molar-refractivity contribution in [3.8, 4) is 0 Å². The zero-order valence-electron chi connectivity index (χ0n) is 7.31. The topological polar surface area (TPSA) is 0 Å². The Hall–Kier alpha value is 0.700. The van der Waals surface area contributed by atoms with Gasteiger partial charge in [0.15, 0.2) is 0 Å². The predicted octanol–water partition coefficient (Wildman–Crippen LogP) is 3.43. The second-order valence-corrected chi connectivity index (χ2v) is 6.92. The molecule has 0 saturated heterocycles. The van der Waals surface area contributed by atoms with Crippen molar-refractivity contribution in [3.05, 3.63) is 6.92 Å². The van der Waals surface area contributed by atoms with Gasteiger partial charge in [0.05, 0.1) is 4.58 Å². The Morgan fingerprint density at radius 1 is 1.40 bits per heavy atom. The van der Waals surface area contributed by atoms with Gasteiger partial charge in [-0.15, -0.1) is 23.5 Å². The van der Waals surface area contributed by atoms with Crippen LogP contribution in [0.15, 0.2) is 0 Å². The fourth-order valence-corrected chi connectivity index (χ4v) is 3.32. The molecular formula is C8H17S2. The van der Waals surface area contributed by atoms with E-state index in [1.807, 2.05) is 23.5 Å². The van der Waals surface area contributed by atoms with Crippen LogP contribution in [-0.4, -0.2) is 15.1 Å². The summed E-state index contributed by atoms with van der Waals surface area (Å²) in [6, 6.07) is 0. The van der Waals surface area contributed by atoms with Crippen molar-refractivity contribution in [1.29, 1.82) is 0 Å². The summed E-state index contributed by atoms with van der Waals surface area (Å²) in [6.07, 6.45) is 0. The van der Waals surface area contributed by atoms with Crippen molar-refractivity contribution in [2.24, 2.45) is 0 Å². The molecule has 1 unspecified atom stereocenters. The van der Waals surface area contributed by atoms with E-state index >= 15 is 0 Å². The van der Waals surface area contributed by atoms with E-state index in [0.717, 1.165) is 5.75 Å². The largest absolute Gasteiger partial charge is 0.148 e. The van der Waals surface area contributed by atoms with Crippen LogP contribution in [0.1, 0.15) is 27.7 Å². The third-order valence-electron chi connectivity index (χ3n) is 0.838. The molecule has 0 bridgehead atoms. The van der Waals surface area contributed by atoms with Gasteiger partial charge in [0.2, 0.25) is 0 Å². The zero-order valence-corrected chi connectivity index (χ0v) is 8.94. The molecule has 0 aromatic carbocycles. The molecule has 0 nitrogen and oxygen atoms in total. The average Bonchev–Trinajstić information content (AvgIpc) is 1.59. The van der Waals surface area contributed by atoms with Crippen LogP contribution in [0.3, 0.4) is 0 Å². The van der Waals surface area contributed by atoms with E-state index in [9.17, 15) is 0 Å². The highest BCUT2D eigenvalue weighted by molar-refractivity contribution is 8.17. The Balaban J connectivity index is 3.47. The van der Waals surface area contributed by atoms with E-state index in [0.29, 0.717) is 9.33 Å². The third-order valence-corrected chi connectivity index (χ3v) is 3.21. The summed E-state index contributed by atoms with van der Waals surface area (Å²) < 4.78 is 0.846. The summed E-state index contributed by atoms with van der Waals surface area (Å²) in [6.45, 7) is 12.9. The van der Waals surface area contributed by atoms with Gasteiger partial charge in [-0.05, 0) is 12.7 Å². The van der Waals surface area contributed by atoms with Gasteiger partial charge in [0, 0.05) is 4.75 Å². The van der Waals surface area contributed by atoms with Crippen LogP contribution < -0.4 is 0 Å². The Kier molecular flexibility index (Phi) is 4.87. The first-order chi connectivity index (χ1) is 4.45. The molecule has 2 heteroatoms. The lowest BCUT2D eigenvalue weighted by Crippen LogP contribution is -2.11. The Morgan fingerprint density at radius 3 is 2.20 bits per heavy atom. The molecule has 0 amide bonds. The second kappa shape index (κ2) is 4.55. The zero-order chi connectivity index (χ0) is 8.20. The standard InChI is InChI=1S/C8H17S2/c1-6-9-7(2)10-8(3,4)5/h7H,2,6H2,1,3-5H3. The lowest BCUT2D eigenvalue weighted by Gasteiger charge is -2.21. The minimum Gasteiger partial charge on any atom is -0.148 e. The van der Waals surface area contributed by atoms with Crippen molar-refractivity contribution >= 4 is 23.5 Å². The molecule has 61 valence electrons. The molecule has 0 aliphatic carbocycles.